The van der Waals surface area contributed by atoms with Crippen LogP contribution in [0, 0.1) is 0 Å². The van der Waals surface area contributed by atoms with Crippen LogP contribution in [0.1, 0.15) is 0 Å². The molecule has 0 fully saturated rings. The van der Waals surface area contributed by atoms with Crippen molar-refractivity contribution in [1.82, 2.24) is 0 Å². The third-order valence-electron chi connectivity index (χ3n) is 0. The summed E-state index contributed by atoms with van der Waals surface area (Å²) in [4.78, 5) is 0. The topological polar surface area (TPSA) is 304 Å². The van der Waals surface area contributed by atoms with Crippen LogP contribution in [0.4, 0.5) is 0 Å². The summed E-state index contributed by atoms with van der Waals surface area (Å²) in [7, 11) is -19.2. The zero-order chi connectivity index (χ0) is 18.0. The average molecular weight is 436 g/mol. The van der Waals surface area contributed by atoms with Gasteiger partial charge in [0.1, 0.15) is 0 Å². The van der Waals surface area contributed by atoms with Gasteiger partial charge in [-0.1, -0.05) is 0 Å². The van der Waals surface area contributed by atoms with Crippen LogP contribution in [-0.2, 0) is 41.6 Å². The van der Waals surface area contributed by atoms with Gasteiger partial charge in [-0.15, -0.1) is 0 Å². The fourth-order valence-corrected chi connectivity index (χ4v) is 0. The van der Waals surface area contributed by atoms with Gasteiger partial charge in [0, 0.05) is 10.4 Å². The summed E-state index contributed by atoms with van der Waals surface area (Å²) in [5.74, 6) is 0. The summed E-state index contributed by atoms with van der Waals surface area (Å²) < 4.78 is 129. The van der Waals surface area contributed by atoms with Gasteiger partial charge in [0.2, 0.25) is 0 Å². The normalized spacial score (nSPS) is 10.5. The van der Waals surface area contributed by atoms with Gasteiger partial charge in [-0.05, 0) is 0 Å². The van der Waals surface area contributed by atoms with Gasteiger partial charge in [0.25, 0.3) is 0 Å². The first-order valence-electron chi connectivity index (χ1n) is 2.76. The monoisotopic (exact) mass is 436 g/mol. The molecular weight excluding hydrogens is 430 g/mol. The first-order chi connectivity index (χ1) is 8.00. The van der Waals surface area contributed by atoms with Gasteiger partial charge in [0.15, 0.2) is 0 Å². The maximum absolute atomic E-state index is 8.74. The fraction of sp³-hybridized carbons (Fsp3) is 0. The van der Waals surface area contributed by atoms with E-state index in [0.717, 1.165) is 0 Å². The van der Waals surface area contributed by atoms with Crippen molar-refractivity contribution in [3.05, 3.63) is 0 Å². The van der Waals surface area contributed by atoms with Gasteiger partial charge in [-0.25, -0.2) is 0 Å². The molecule has 0 spiro atoms. The Morgan fingerprint density at radius 2 is 0.455 bits per heavy atom. The summed E-state index contributed by atoms with van der Waals surface area (Å²) >= 11 is 0. The SMILES string of the molecule is O=S(=O)(O)O.O=S(=O)(O)O.O=S(=O)(O)O.O=S(=O)([O-])[O-].[Na+].[Na+]. The van der Waals surface area contributed by atoms with Crippen LogP contribution in [0.3, 0.4) is 0 Å². The minimum absolute atomic E-state index is 0. The Labute approximate surface area is 169 Å². The summed E-state index contributed by atoms with van der Waals surface area (Å²) in [6.45, 7) is 0. The molecule has 0 aliphatic carbocycles. The van der Waals surface area contributed by atoms with Crippen LogP contribution in [0.15, 0.2) is 0 Å². The second-order valence-electron chi connectivity index (χ2n) is 1.75. The Hall–Kier alpha value is 1.48. The van der Waals surface area contributed by atoms with E-state index in [2.05, 4.69) is 0 Å². The van der Waals surface area contributed by atoms with Crippen molar-refractivity contribution in [3.63, 3.8) is 0 Å². The van der Waals surface area contributed by atoms with E-state index in [1.165, 1.54) is 0 Å². The number of hydrogen-bond acceptors (Lipinski definition) is 10. The van der Waals surface area contributed by atoms with E-state index in [1.807, 2.05) is 0 Å². The van der Waals surface area contributed by atoms with Crippen molar-refractivity contribution in [1.29, 1.82) is 0 Å². The minimum atomic E-state index is -5.17. The molecular formula is H6Na2O16S4. The molecule has 0 aromatic rings. The second kappa shape index (κ2) is 16.0. The van der Waals surface area contributed by atoms with Crippen molar-refractivity contribution < 1.29 is 129 Å². The summed E-state index contributed by atoms with van der Waals surface area (Å²) in [5.41, 5.74) is 0. The van der Waals surface area contributed by atoms with Crippen LogP contribution in [-0.4, -0.2) is 70.1 Å². The van der Waals surface area contributed by atoms with Gasteiger partial charge in [-0.3, -0.25) is 35.7 Å². The molecule has 128 valence electrons. The van der Waals surface area contributed by atoms with Crippen molar-refractivity contribution >= 4 is 41.6 Å². The zero-order valence-corrected chi connectivity index (χ0v) is 17.7. The molecule has 0 aliphatic rings. The summed E-state index contributed by atoms with van der Waals surface area (Å²) in [5, 5.41) is 0. The maximum Gasteiger partial charge on any atom is 1.00 e. The molecule has 22 heavy (non-hydrogen) atoms. The van der Waals surface area contributed by atoms with Crippen molar-refractivity contribution in [3.8, 4) is 0 Å². The number of hydrogen-bond donors (Lipinski definition) is 6. The van der Waals surface area contributed by atoms with E-state index in [4.69, 9.17) is 70.1 Å². The largest absolute Gasteiger partial charge is 1.00 e. The van der Waals surface area contributed by atoms with Gasteiger partial charge in [-0.2, -0.15) is 25.3 Å². The molecule has 6 N–H and O–H groups in total. The third-order valence-corrected chi connectivity index (χ3v) is 0. The van der Waals surface area contributed by atoms with Gasteiger partial charge >= 0.3 is 90.3 Å². The Bertz CT molecular complexity index is 477. The fourth-order valence-electron chi connectivity index (χ4n) is 0. The van der Waals surface area contributed by atoms with Crippen LogP contribution in [0.5, 0.6) is 0 Å². The predicted molar refractivity (Wildman–Crippen MR) is 53.0 cm³/mol. The molecule has 0 heterocycles. The molecule has 0 saturated carbocycles. The molecule has 0 saturated heterocycles. The smallest absolute Gasteiger partial charge is 0.759 e. The van der Waals surface area contributed by atoms with Crippen LogP contribution in [0.25, 0.3) is 0 Å². The third kappa shape index (κ3) is 4110. The quantitative estimate of drug-likeness (QED) is 0.117. The molecule has 0 unspecified atom stereocenters. The standard InChI is InChI=1S/2Na.4H2O4S/c;;4*1-5(2,3)4/h;;4*(H2,1,2,3,4)/q2*+1;;;;/p-2. The maximum atomic E-state index is 8.74. The molecule has 0 amide bonds. The molecule has 0 radical (unpaired) electrons. The molecule has 0 atom stereocenters. The molecule has 0 aromatic heterocycles. The number of rotatable bonds is 0. The van der Waals surface area contributed by atoms with E-state index in [9.17, 15) is 0 Å². The van der Waals surface area contributed by atoms with E-state index in [-0.39, 0.29) is 59.1 Å². The zero-order valence-electron chi connectivity index (χ0n) is 10.4. The molecule has 0 bridgehead atoms. The van der Waals surface area contributed by atoms with Crippen molar-refractivity contribution in [2.24, 2.45) is 0 Å². The summed E-state index contributed by atoms with van der Waals surface area (Å²) in [6.07, 6.45) is 0. The van der Waals surface area contributed by atoms with E-state index in [1.54, 1.807) is 0 Å². The van der Waals surface area contributed by atoms with E-state index < -0.39 is 41.6 Å². The Morgan fingerprint density at radius 1 is 0.455 bits per heavy atom. The van der Waals surface area contributed by atoms with Crippen LogP contribution >= 0.6 is 0 Å². The van der Waals surface area contributed by atoms with Gasteiger partial charge in [0.05, 0.1) is 0 Å². The second-order valence-corrected chi connectivity index (χ2v) is 5.26. The predicted octanol–water partition coefficient (Wildman–Crippen LogP) is -9.29. The Morgan fingerprint density at radius 3 is 0.455 bits per heavy atom. The average Bonchev–Trinajstić information content (AvgIpc) is 1.62. The molecule has 22 heteroatoms. The molecule has 0 rings (SSSR count). The first kappa shape index (κ1) is 38.8. The van der Waals surface area contributed by atoms with Gasteiger partial charge < -0.3 is 9.11 Å². The Kier molecular flexibility index (Phi) is 28.2. The molecule has 16 nitrogen and oxygen atoms in total. The first-order valence-corrected chi connectivity index (χ1v) is 8.29. The Balaban J connectivity index is -0.0000000376. The van der Waals surface area contributed by atoms with Crippen LogP contribution in [0.2, 0.25) is 0 Å². The van der Waals surface area contributed by atoms with E-state index >= 15 is 0 Å². The minimum Gasteiger partial charge on any atom is -0.759 e. The van der Waals surface area contributed by atoms with Crippen LogP contribution < -0.4 is 59.1 Å². The summed E-state index contributed by atoms with van der Waals surface area (Å²) in [6, 6.07) is 0. The molecule has 0 aliphatic heterocycles. The van der Waals surface area contributed by atoms with Crippen molar-refractivity contribution in [2.75, 3.05) is 0 Å². The van der Waals surface area contributed by atoms with Crippen molar-refractivity contribution in [2.45, 2.75) is 0 Å². The molecule has 0 aromatic carbocycles. The van der Waals surface area contributed by atoms with E-state index in [0.29, 0.717) is 0 Å².